The Kier molecular flexibility index (Phi) is 6.29. The fraction of sp³-hybridized carbons (Fsp3) is 0.316. The van der Waals surface area contributed by atoms with Crippen molar-refractivity contribution in [2.75, 3.05) is 11.3 Å². The number of nitrogens with zero attached hydrogens (tertiary/aromatic N) is 1. The Morgan fingerprint density at radius 1 is 1.21 bits per heavy atom. The molecule has 0 heterocycles. The molecule has 0 fully saturated rings. The van der Waals surface area contributed by atoms with E-state index in [1.165, 1.54) is 5.56 Å². The summed E-state index contributed by atoms with van der Waals surface area (Å²) in [7, 11) is 0. The minimum absolute atomic E-state index is 0.280. The van der Waals surface area contributed by atoms with Crippen LogP contribution in [0.2, 0.25) is 0 Å². The van der Waals surface area contributed by atoms with Crippen LogP contribution in [0.1, 0.15) is 29.2 Å². The van der Waals surface area contributed by atoms with E-state index in [2.05, 4.69) is 19.1 Å². The van der Waals surface area contributed by atoms with Crippen LogP contribution in [0.5, 0.6) is 5.75 Å². The zero-order valence-corrected chi connectivity index (χ0v) is 15.3. The van der Waals surface area contributed by atoms with Crippen LogP contribution >= 0.6 is 11.8 Å². The highest BCUT2D eigenvalue weighted by atomic mass is 32.2. The first-order valence-corrected chi connectivity index (χ1v) is 9.08. The molecule has 0 radical (unpaired) electrons. The summed E-state index contributed by atoms with van der Waals surface area (Å²) in [5.41, 5.74) is 4.41. The highest BCUT2D eigenvalue weighted by Gasteiger charge is 2.18. The van der Waals surface area contributed by atoms with Crippen LogP contribution < -0.4 is 9.80 Å². The SMILES string of the molecule is CCc1ccc(OCc2cccc(C)c2N(O)C(=O)SC)c(C)c1. The molecule has 0 spiro atoms. The third-order valence-corrected chi connectivity index (χ3v) is 4.43. The van der Waals surface area contributed by atoms with E-state index in [1.54, 1.807) is 6.26 Å². The molecular weight excluding hydrogens is 322 g/mol. The van der Waals surface area contributed by atoms with Crippen molar-refractivity contribution in [2.24, 2.45) is 0 Å². The van der Waals surface area contributed by atoms with Gasteiger partial charge in [-0.2, -0.15) is 5.06 Å². The standard InChI is InChI=1S/C19H23NO3S/c1-5-15-9-10-17(14(3)11-15)23-12-16-8-6-7-13(2)18(16)20(22)19(21)24-4/h6-11,22H,5,12H2,1-4H3. The summed E-state index contributed by atoms with van der Waals surface area (Å²) in [5.74, 6) is 0.806. The predicted molar refractivity (Wildman–Crippen MR) is 99.2 cm³/mol. The van der Waals surface area contributed by atoms with Gasteiger partial charge in [0.25, 0.3) is 0 Å². The number of rotatable bonds is 5. The molecule has 0 aliphatic heterocycles. The zero-order valence-electron chi connectivity index (χ0n) is 14.5. The van der Waals surface area contributed by atoms with Gasteiger partial charge in [0.15, 0.2) is 0 Å². The molecule has 2 aromatic carbocycles. The minimum atomic E-state index is -0.422. The number of thioether (sulfide) groups is 1. The summed E-state index contributed by atoms with van der Waals surface area (Å²) in [6.07, 6.45) is 2.62. The number of hydrogen-bond acceptors (Lipinski definition) is 4. The van der Waals surface area contributed by atoms with Gasteiger partial charge >= 0.3 is 5.24 Å². The van der Waals surface area contributed by atoms with Crippen molar-refractivity contribution in [1.29, 1.82) is 0 Å². The van der Waals surface area contributed by atoms with Crippen LogP contribution in [0.25, 0.3) is 0 Å². The number of hydrogen-bond donors (Lipinski definition) is 1. The Labute approximate surface area is 147 Å². The van der Waals surface area contributed by atoms with Crippen molar-refractivity contribution in [3.63, 3.8) is 0 Å². The maximum absolute atomic E-state index is 11.8. The Morgan fingerprint density at radius 2 is 1.96 bits per heavy atom. The first-order valence-electron chi connectivity index (χ1n) is 7.85. The van der Waals surface area contributed by atoms with E-state index >= 15 is 0 Å². The number of carbonyl (C=O) groups is 1. The molecule has 0 saturated heterocycles. The first-order chi connectivity index (χ1) is 11.5. The van der Waals surface area contributed by atoms with Crippen molar-refractivity contribution in [1.82, 2.24) is 0 Å². The van der Waals surface area contributed by atoms with Gasteiger partial charge in [-0.25, -0.2) is 0 Å². The lowest BCUT2D eigenvalue weighted by Crippen LogP contribution is -2.25. The monoisotopic (exact) mass is 345 g/mol. The van der Waals surface area contributed by atoms with E-state index in [0.29, 0.717) is 10.8 Å². The summed E-state index contributed by atoms with van der Waals surface area (Å²) in [5, 5.41) is 10.5. The van der Waals surface area contributed by atoms with Crippen molar-refractivity contribution in [2.45, 2.75) is 33.8 Å². The maximum Gasteiger partial charge on any atom is 0.309 e. The second-order valence-electron chi connectivity index (χ2n) is 5.61. The predicted octanol–water partition coefficient (Wildman–Crippen LogP) is 5.12. The summed E-state index contributed by atoms with van der Waals surface area (Å²) >= 11 is 0.962. The number of ether oxygens (including phenoxy) is 1. The van der Waals surface area contributed by atoms with E-state index in [0.717, 1.165) is 40.6 Å². The molecule has 0 saturated carbocycles. The highest BCUT2D eigenvalue weighted by Crippen LogP contribution is 2.28. The highest BCUT2D eigenvalue weighted by molar-refractivity contribution is 8.13. The number of hydroxylamine groups is 1. The smallest absolute Gasteiger partial charge is 0.309 e. The Bertz CT molecular complexity index is 731. The van der Waals surface area contributed by atoms with E-state index in [-0.39, 0.29) is 6.61 Å². The normalized spacial score (nSPS) is 10.5. The molecule has 24 heavy (non-hydrogen) atoms. The molecule has 0 unspecified atom stereocenters. The fourth-order valence-corrected chi connectivity index (χ4v) is 2.83. The van der Waals surface area contributed by atoms with E-state index < -0.39 is 5.24 Å². The molecule has 5 heteroatoms. The Hall–Kier alpha value is -1.98. The lowest BCUT2D eigenvalue weighted by Gasteiger charge is -2.20. The molecule has 0 aromatic heterocycles. The molecule has 128 valence electrons. The van der Waals surface area contributed by atoms with Gasteiger partial charge in [0.2, 0.25) is 0 Å². The molecule has 0 bridgehead atoms. The van der Waals surface area contributed by atoms with Crippen LogP contribution in [0.3, 0.4) is 0 Å². The van der Waals surface area contributed by atoms with Crippen LogP contribution in [0, 0.1) is 13.8 Å². The van der Waals surface area contributed by atoms with Crippen LogP contribution in [-0.4, -0.2) is 16.7 Å². The second kappa shape index (κ2) is 8.22. The van der Waals surface area contributed by atoms with Gasteiger partial charge in [-0.3, -0.25) is 10.0 Å². The maximum atomic E-state index is 11.8. The van der Waals surface area contributed by atoms with Crippen LogP contribution in [0.15, 0.2) is 36.4 Å². The second-order valence-corrected chi connectivity index (χ2v) is 6.36. The molecule has 2 aromatic rings. The average molecular weight is 345 g/mol. The van der Waals surface area contributed by atoms with E-state index in [4.69, 9.17) is 4.74 Å². The first kappa shape index (κ1) is 18.4. The molecule has 0 aliphatic carbocycles. The Morgan fingerprint density at radius 3 is 2.58 bits per heavy atom. The lowest BCUT2D eigenvalue weighted by atomic mass is 10.1. The van der Waals surface area contributed by atoms with Crippen molar-refractivity contribution < 1.29 is 14.7 Å². The minimum Gasteiger partial charge on any atom is -0.489 e. The molecular formula is C19H23NO3S. The number of para-hydroxylation sites is 1. The molecule has 1 N–H and O–H groups in total. The summed E-state index contributed by atoms with van der Waals surface area (Å²) in [4.78, 5) is 11.8. The van der Waals surface area contributed by atoms with Crippen LogP contribution in [-0.2, 0) is 13.0 Å². The van der Waals surface area contributed by atoms with Crippen molar-refractivity contribution >= 4 is 22.7 Å². The van der Waals surface area contributed by atoms with Gasteiger partial charge in [0.1, 0.15) is 12.4 Å². The Balaban J connectivity index is 2.24. The van der Waals surface area contributed by atoms with Crippen LogP contribution in [0.4, 0.5) is 10.5 Å². The largest absolute Gasteiger partial charge is 0.489 e. The summed E-state index contributed by atoms with van der Waals surface area (Å²) in [6, 6.07) is 11.7. The summed E-state index contributed by atoms with van der Waals surface area (Å²) in [6.45, 7) is 6.27. The van der Waals surface area contributed by atoms with Gasteiger partial charge in [0, 0.05) is 5.56 Å². The lowest BCUT2D eigenvalue weighted by molar-refractivity contribution is 0.223. The average Bonchev–Trinajstić information content (AvgIpc) is 2.59. The molecule has 4 nitrogen and oxygen atoms in total. The summed E-state index contributed by atoms with van der Waals surface area (Å²) < 4.78 is 5.93. The van der Waals surface area contributed by atoms with Gasteiger partial charge in [-0.15, -0.1) is 0 Å². The molecule has 0 aliphatic rings. The topological polar surface area (TPSA) is 49.8 Å². The van der Waals surface area contributed by atoms with Gasteiger partial charge < -0.3 is 4.74 Å². The zero-order chi connectivity index (χ0) is 17.7. The van der Waals surface area contributed by atoms with Crippen molar-refractivity contribution in [3.8, 4) is 5.75 Å². The number of aryl methyl sites for hydroxylation is 3. The number of carbonyl (C=O) groups excluding carboxylic acids is 1. The third kappa shape index (κ3) is 4.10. The quantitative estimate of drug-likeness (QED) is 0.603. The molecule has 0 atom stereocenters. The van der Waals surface area contributed by atoms with E-state index in [9.17, 15) is 10.0 Å². The number of amides is 1. The molecule has 2 rings (SSSR count). The van der Waals surface area contributed by atoms with Gasteiger partial charge in [0.05, 0.1) is 5.69 Å². The third-order valence-electron chi connectivity index (χ3n) is 3.91. The number of anilines is 1. The molecule has 1 amide bonds. The van der Waals surface area contributed by atoms with Crippen molar-refractivity contribution in [3.05, 3.63) is 58.7 Å². The number of benzene rings is 2. The van der Waals surface area contributed by atoms with Gasteiger partial charge in [-0.05, 0) is 49.3 Å². The van der Waals surface area contributed by atoms with E-state index in [1.807, 2.05) is 38.1 Å². The fourth-order valence-electron chi connectivity index (χ4n) is 2.57. The van der Waals surface area contributed by atoms with Gasteiger partial charge in [-0.1, -0.05) is 49.0 Å².